The second-order valence-corrected chi connectivity index (χ2v) is 4.66. The van der Waals surface area contributed by atoms with Crippen molar-refractivity contribution < 1.29 is 8.83 Å². The van der Waals surface area contributed by atoms with Crippen molar-refractivity contribution >= 4 is 11.0 Å². The highest BCUT2D eigenvalue weighted by atomic mass is 16.4. The van der Waals surface area contributed by atoms with Crippen molar-refractivity contribution in [2.45, 2.75) is 26.4 Å². The number of hydrogen-bond donors (Lipinski definition) is 1. The molecular weight excluding hydrogens is 240 g/mol. The molecule has 1 atom stereocenters. The van der Waals surface area contributed by atoms with Crippen LogP contribution in [0.3, 0.4) is 0 Å². The molecule has 0 fully saturated rings. The Kier molecular flexibility index (Phi) is 3.09. The van der Waals surface area contributed by atoms with Gasteiger partial charge in [-0.3, -0.25) is 5.32 Å². The summed E-state index contributed by atoms with van der Waals surface area (Å²) < 4.78 is 11.2. The lowest BCUT2D eigenvalue weighted by Gasteiger charge is -2.08. The predicted octanol–water partition coefficient (Wildman–Crippen LogP) is 3.58. The number of rotatable bonds is 4. The lowest BCUT2D eigenvalue weighted by molar-refractivity contribution is 0.390. The first-order valence-corrected chi connectivity index (χ1v) is 6.35. The van der Waals surface area contributed by atoms with E-state index in [1.54, 1.807) is 6.20 Å². The zero-order chi connectivity index (χ0) is 13.2. The van der Waals surface area contributed by atoms with Gasteiger partial charge in [0.1, 0.15) is 17.1 Å². The van der Waals surface area contributed by atoms with Crippen molar-refractivity contribution in [3.63, 3.8) is 0 Å². The molecule has 2 aromatic heterocycles. The van der Waals surface area contributed by atoms with Crippen LogP contribution in [0.25, 0.3) is 11.0 Å². The smallest absolute Gasteiger partial charge is 0.211 e. The molecule has 4 nitrogen and oxygen atoms in total. The summed E-state index contributed by atoms with van der Waals surface area (Å²) in [5.74, 6) is 2.44. The highest BCUT2D eigenvalue weighted by molar-refractivity contribution is 5.77. The molecule has 0 spiro atoms. The fourth-order valence-corrected chi connectivity index (χ4v) is 2.04. The SMILES string of the molecule is Cc1cnc(C(C)NCc2cc3ccccc3o2)o1. The second-order valence-electron chi connectivity index (χ2n) is 4.66. The normalized spacial score (nSPS) is 12.9. The zero-order valence-electron chi connectivity index (χ0n) is 11.0. The van der Waals surface area contributed by atoms with Gasteiger partial charge in [0, 0.05) is 5.39 Å². The monoisotopic (exact) mass is 256 g/mol. The van der Waals surface area contributed by atoms with Crippen LogP contribution in [-0.2, 0) is 6.54 Å². The van der Waals surface area contributed by atoms with Crippen LogP contribution in [0.4, 0.5) is 0 Å². The highest BCUT2D eigenvalue weighted by Gasteiger charge is 2.11. The number of furan rings is 1. The Morgan fingerprint density at radius 3 is 2.84 bits per heavy atom. The molecule has 4 heteroatoms. The Bertz CT molecular complexity index is 651. The summed E-state index contributed by atoms with van der Waals surface area (Å²) in [5, 5.41) is 4.46. The maximum absolute atomic E-state index is 5.75. The van der Waals surface area contributed by atoms with E-state index in [2.05, 4.69) is 16.4 Å². The maximum Gasteiger partial charge on any atom is 0.211 e. The van der Waals surface area contributed by atoms with Crippen molar-refractivity contribution in [2.24, 2.45) is 0 Å². The molecule has 0 radical (unpaired) electrons. The number of nitrogens with zero attached hydrogens (tertiary/aromatic N) is 1. The first kappa shape index (κ1) is 12.0. The van der Waals surface area contributed by atoms with Gasteiger partial charge in [0.15, 0.2) is 0 Å². The minimum absolute atomic E-state index is 0.0573. The number of aryl methyl sites for hydroxylation is 1. The molecule has 0 aliphatic rings. The Hall–Kier alpha value is -2.07. The van der Waals surface area contributed by atoms with Gasteiger partial charge in [0.05, 0.1) is 18.8 Å². The molecule has 3 rings (SSSR count). The van der Waals surface area contributed by atoms with E-state index in [0.29, 0.717) is 12.4 Å². The number of nitrogens with one attached hydrogen (secondary N) is 1. The number of aromatic nitrogens is 1. The summed E-state index contributed by atoms with van der Waals surface area (Å²) in [6.45, 7) is 4.56. The van der Waals surface area contributed by atoms with Gasteiger partial charge in [-0.15, -0.1) is 0 Å². The summed E-state index contributed by atoms with van der Waals surface area (Å²) in [5.41, 5.74) is 0.916. The van der Waals surface area contributed by atoms with E-state index in [0.717, 1.165) is 22.5 Å². The van der Waals surface area contributed by atoms with Gasteiger partial charge in [-0.05, 0) is 26.0 Å². The fourth-order valence-electron chi connectivity index (χ4n) is 2.04. The number of oxazole rings is 1. The summed E-state index contributed by atoms with van der Waals surface area (Å²) in [4.78, 5) is 4.21. The Labute approximate surface area is 111 Å². The third kappa shape index (κ3) is 2.53. The van der Waals surface area contributed by atoms with Crippen LogP contribution in [0.5, 0.6) is 0 Å². The van der Waals surface area contributed by atoms with Crippen LogP contribution in [0, 0.1) is 6.92 Å². The molecule has 0 aliphatic heterocycles. The fraction of sp³-hybridized carbons (Fsp3) is 0.267. The number of hydrogen-bond acceptors (Lipinski definition) is 4. The molecule has 0 saturated carbocycles. The second kappa shape index (κ2) is 4.90. The standard InChI is InChI=1S/C15H16N2O2/c1-10-8-17-15(18-10)11(2)16-9-13-7-12-5-3-4-6-14(12)19-13/h3-8,11,16H,9H2,1-2H3. The molecule has 0 saturated heterocycles. The number of para-hydroxylation sites is 1. The molecule has 98 valence electrons. The topological polar surface area (TPSA) is 51.2 Å². The van der Waals surface area contributed by atoms with Crippen molar-refractivity contribution in [2.75, 3.05) is 0 Å². The average molecular weight is 256 g/mol. The molecule has 0 aliphatic carbocycles. The van der Waals surface area contributed by atoms with Crippen LogP contribution >= 0.6 is 0 Å². The van der Waals surface area contributed by atoms with Crippen LogP contribution < -0.4 is 5.32 Å². The van der Waals surface area contributed by atoms with E-state index < -0.39 is 0 Å². The predicted molar refractivity (Wildman–Crippen MR) is 72.7 cm³/mol. The van der Waals surface area contributed by atoms with E-state index in [-0.39, 0.29) is 6.04 Å². The molecule has 1 aromatic carbocycles. The molecule has 3 aromatic rings. The van der Waals surface area contributed by atoms with Gasteiger partial charge in [-0.25, -0.2) is 4.98 Å². The van der Waals surface area contributed by atoms with Crippen LogP contribution in [-0.4, -0.2) is 4.98 Å². The lowest BCUT2D eigenvalue weighted by Crippen LogP contribution is -2.17. The third-order valence-corrected chi connectivity index (χ3v) is 3.07. The molecule has 2 heterocycles. The van der Waals surface area contributed by atoms with E-state index >= 15 is 0 Å². The quantitative estimate of drug-likeness (QED) is 0.775. The first-order chi connectivity index (χ1) is 9.22. The van der Waals surface area contributed by atoms with Crippen molar-refractivity contribution in [3.8, 4) is 0 Å². The molecule has 0 amide bonds. The van der Waals surface area contributed by atoms with Crippen molar-refractivity contribution in [3.05, 3.63) is 53.9 Å². The number of benzene rings is 1. The minimum atomic E-state index is 0.0573. The summed E-state index contributed by atoms with van der Waals surface area (Å²) in [7, 11) is 0. The molecular formula is C15H16N2O2. The van der Waals surface area contributed by atoms with E-state index in [1.807, 2.05) is 38.1 Å². The Morgan fingerprint density at radius 2 is 2.11 bits per heavy atom. The Morgan fingerprint density at radius 1 is 1.26 bits per heavy atom. The van der Waals surface area contributed by atoms with Gasteiger partial charge in [0.25, 0.3) is 0 Å². The summed E-state index contributed by atoms with van der Waals surface area (Å²) in [6, 6.07) is 10.1. The van der Waals surface area contributed by atoms with Gasteiger partial charge in [0.2, 0.25) is 5.89 Å². The summed E-state index contributed by atoms with van der Waals surface area (Å²) >= 11 is 0. The lowest BCUT2D eigenvalue weighted by atomic mass is 10.2. The maximum atomic E-state index is 5.75. The Balaban J connectivity index is 1.68. The molecule has 1 unspecified atom stereocenters. The van der Waals surface area contributed by atoms with Gasteiger partial charge in [-0.2, -0.15) is 0 Å². The van der Waals surface area contributed by atoms with E-state index in [9.17, 15) is 0 Å². The van der Waals surface area contributed by atoms with Crippen LogP contribution in [0.2, 0.25) is 0 Å². The minimum Gasteiger partial charge on any atom is -0.460 e. The zero-order valence-corrected chi connectivity index (χ0v) is 11.0. The number of fused-ring (bicyclic) bond motifs is 1. The molecule has 0 bridgehead atoms. The van der Waals surface area contributed by atoms with Gasteiger partial charge in [-0.1, -0.05) is 18.2 Å². The van der Waals surface area contributed by atoms with Crippen LogP contribution in [0.1, 0.15) is 30.4 Å². The summed E-state index contributed by atoms with van der Waals surface area (Å²) in [6.07, 6.45) is 1.73. The molecule has 1 N–H and O–H groups in total. The third-order valence-electron chi connectivity index (χ3n) is 3.07. The van der Waals surface area contributed by atoms with Gasteiger partial charge >= 0.3 is 0 Å². The largest absolute Gasteiger partial charge is 0.460 e. The first-order valence-electron chi connectivity index (χ1n) is 6.35. The van der Waals surface area contributed by atoms with Gasteiger partial charge < -0.3 is 8.83 Å². The van der Waals surface area contributed by atoms with Crippen molar-refractivity contribution in [1.82, 2.24) is 10.3 Å². The highest BCUT2D eigenvalue weighted by Crippen LogP contribution is 2.19. The van der Waals surface area contributed by atoms with Crippen LogP contribution in [0.15, 0.2) is 45.4 Å². The average Bonchev–Trinajstić information content (AvgIpc) is 3.01. The van der Waals surface area contributed by atoms with E-state index in [4.69, 9.17) is 8.83 Å². The van der Waals surface area contributed by atoms with Crippen molar-refractivity contribution in [1.29, 1.82) is 0 Å². The molecule has 19 heavy (non-hydrogen) atoms. The van der Waals surface area contributed by atoms with E-state index in [1.165, 1.54) is 0 Å².